The number of nitrogens with zero attached hydrogens (tertiary/aromatic N) is 2. The molecule has 1 fully saturated rings. The topological polar surface area (TPSA) is 45.2 Å². The highest BCUT2D eigenvalue weighted by molar-refractivity contribution is 5.73. The molecular weight excluding hydrogens is 334 g/mol. The number of likely N-dealkylation sites (tertiary alicyclic amines) is 1. The van der Waals surface area contributed by atoms with Gasteiger partial charge in [0.15, 0.2) is 0 Å². The highest BCUT2D eigenvalue weighted by atomic mass is 16.1. The number of amides is 1. The molecule has 1 saturated heterocycles. The summed E-state index contributed by atoms with van der Waals surface area (Å²) in [6.07, 6.45) is 5.19. The van der Waals surface area contributed by atoms with Crippen molar-refractivity contribution in [3.63, 3.8) is 0 Å². The van der Waals surface area contributed by atoms with Crippen molar-refractivity contribution >= 4 is 5.91 Å². The lowest BCUT2D eigenvalue weighted by molar-refractivity contribution is -0.120. The second-order valence-electron chi connectivity index (χ2n) is 7.71. The van der Waals surface area contributed by atoms with Gasteiger partial charge < -0.3 is 10.2 Å². The van der Waals surface area contributed by atoms with Crippen LogP contribution in [-0.2, 0) is 4.79 Å². The lowest BCUT2D eigenvalue weighted by Gasteiger charge is -2.36. The summed E-state index contributed by atoms with van der Waals surface area (Å²) in [5, 5.41) is 3.13. The third kappa shape index (κ3) is 5.64. The van der Waals surface area contributed by atoms with Gasteiger partial charge in [-0.15, -0.1) is 0 Å². The molecule has 2 atom stereocenters. The van der Waals surface area contributed by atoms with Crippen molar-refractivity contribution in [2.24, 2.45) is 5.92 Å². The van der Waals surface area contributed by atoms with Gasteiger partial charge >= 0.3 is 0 Å². The van der Waals surface area contributed by atoms with E-state index in [1.54, 1.807) is 6.92 Å². The molecule has 0 unspecified atom stereocenters. The number of pyridine rings is 1. The zero-order valence-electron chi connectivity index (χ0n) is 16.5. The summed E-state index contributed by atoms with van der Waals surface area (Å²) in [6, 6.07) is 16.7. The predicted octanol–water partition coefficient (Wildman–Crippen LogP) is 4.16. The highest BCUT2D eigenvalue weighted by Crippen LogP contribution is 2.30. The van der Waals surface area contributed by atoms with Gasteiger partial charge in [-0.2, -0.15) is 0 Å². The number of carbonyl (C=O) groups is 1. The Hall–Kier alpha value is -2.20. The first-order valence-corrected chi connectivity index (χ1v) is 10.1. The van der Waals surface area contributed by atoms with Crippen molar-refractivity contribution < 1.29 is 4.79 Å². The van der Waals surface area contributed by atoms with Crippen LogP contribution in [-0.4, -0.2) is 35.4 Å². The molecule has 4 heteroatoms. The Morgan fingerprint density at radius 2 is 1.85 bits per heavy atom. The molecule has 0 saturated carbocycles. The minimum atomic E-state index is 0.0183. The number of hydrogen-bond donors (Lipinski definition) is 1. The summed E-state index contributed by atoms with van der Waals surface area (Å²) in [6.45, 7) is 7.23. The molecule has 4 nitrogen and oxygen atoms in total. The molecule has 144 valence electrons. The highest BCUT2D eigenvalue weighted by Gasteiger charge is 2.29. The summed E-state index contributed by atoms with van der Waals surface area (Å²) in [5.41, 5.74) is 2.40. The normalized spacial score (nSPS) is 18.0. The maximum absolute atomic E-state index is 11.7. The third-order valence-corrected chi connectivity index (χ3v) is 5.72. The Labute approximate surface area is 163 Å². The third-order valence-electron chi connectivity index (χ3n) is 5.72. The molecule has 2 heterocycles. The summed E-state index contributed by atoms with van der Waals surface area (Å²) < 4.78 is 0. The lowest BCUT2D eigenvalue weighted by atomic mass is 9.87. The van der Waals surface area contributed by atoms with Crippen LogP contribution in [0.4, 0.5) is 0 Å². The van der Waals surface area contributed by atoms with Crippen molar-refractivity contribution in [1.82, 2.24) is 15.2 Å². The van der Waals surface area contributed by atoms with Crippen molar-refractivity contribution in [2.75, 3.05) is 19.6 Å². The number of hydrogen-bond acceptors (Lipinski definition) is 3. The van der Waals surface area contributed by atoms with Crippen molar-refractivity contribution in [3.8, 4) is 0 Å². The van der Waals surface area contributed by atoms with Crippen LogP contribution in [0.2, 0.25) is 0 Å². The first-order chi connectivity index (χ1) is 13.1. The molecule has 3 rings (SSSR count). The van der Waals surface area contributed by atoms with Crippen molar-refractivity contribution in [1.29, 1.82) is 0 Å². The second kappa shape index (κ2) is 9.65. The number of piperidine rings is 1. The van der Waals surface area contributed by atoms with Crippen LogP contribution in [0.3, 0.4) is 0 Å². The number of nitrogens with one attached hydrogen (secondary N) is 1. The molecule has 1 aliphatic heterocycles. The van der Waals surface area contributed by atoms with Gasteiger partial charge in [0, 0.05) is 13.1 Å². The Morgan fingerprint density at radius 3 is 2.48 bits per heavy atom. The molecule has 1 aromatic carbocycles. The van der Waals surface area contributed by atoms with Crippen LogP contribution < -0.4 is 5.32 Å². The van der Waals surface area contributed by atoms with Crippen molar-refractivity contribution in [3.05, 3.63) is 66.0 Å². The van der Waals surface area contributed by atoms with E-state index >= 15 is 0 Å². The first-order valence-electron chi connectivity index (χ1n) is 10.1. The van der Waals surface area contributed by atoms with Crippen molar-refractivity contribution in [2.45, 2.75) is 45.1 Å². The number of benzene rings is 1. The molecule has 0 bridgehead atoms. The molecule has 1 amide bonds. The van der Waals surface area contributed by atoms with Gasteiger partial charge in [0.2, 0.25) is 5.91 Å². The first kappa shape index (κ1) is 19.6. The molecular formula is C23H31N3O. The fourth-order valence-electron chi connectivity index (χ4n) is 4.05. The van der Waals surface area contributed by atoms with Gasteiger partial charge in [0.1, 0.15) is 0 Å². The van der Waals surface area contributed by atoms with E-state index in [0.29, 0.717) is 11.8 Å². The van der Waals surface area contributed by atoms with Gasteiger partial charge in [-0.3, -0.25) is 9.78 Å². The number of aromatic nitrogens is 1. The average molecular weight is 366 g/mol. The Balaban J connectivity index is 1.52. The van der Waals surface area contributed by atoms with E-state index < -0.39 is 0 Å². The average Bonchev–Trinajstić information content (AvgIpc) is 2.72. The van der Waals surface area contributed by atoms with E-state index in [2.05, 4.69) is 52.5 Å². The van der Waals surface area contributed by atoms with Gasteiger partial charge in [0.05, 0.1) is 11.7 Å². The standard InChI is InChI=1S/C23H31N3O/c1-18(20-8-4-3-5-9-20)11-15-26-16-12-21(13-17-26)23(25-19(2)27)22-10-6-7-14-24-22/h3-10,14,18,21,23H,11-13,15-17H2,1-2H3,(H,25,27)/t18-,23-/m1/s1. The van der Waals surface area contributed by atoms with Gasteiger partial charge in [-0.25, -0.2) is 0 Å². The second-order valence-corrected chi connectivity index (χ2v) is 7.71. The number of carbonyl (C=O) groups excluding carboxylic acids is 1. The van der Waals surface area contributed by atoms with Crippen LogP contribution in [0.1, 0.15) is 56.3 Å². The van der Waals surface area contributed by atoms with Gasteiger partial charge in [-0.1, -0.05) is 43.3 Å². The molecule has 0 radical (unpaired) electrons. The van der Waals surface area contributed by atoms with Crippen LogP contribution >= 0.6 is 0 Å². The molecule has 27 heavy (non-hydrogen) atoms. The smallest absolute Gasteiger partial charge is 0.217 e. The zero-order valence-corrected chi connectivity index (χ0v) is 16.5. The Kier molecular flexibility index (Phi) is 6.99. The zero-order chi connectivity index (χ0) is 19.1. The van der Waals surface area contributed by atoms with Crippen LogP contribution in [0, 0.1) is 5.92 Å². The van der Waals surface area contributed by atoms with E-state index in [1.165, 1.54) is 12.0 Å². The minimum Gasteiger partial charge on any atom is -0.348 e. The SMILES string of the molecule is CC(=O)N[C@@H](c1ccccn1)C1CCN(CC[C@@H](C)c2ccccc2)CC1. The molecule has 0 aliphatic carbocycles. The molecule has 2 aromatic rings. The summed E-state index contributed by atoms with van der Waals surface area (Å²) in [4.78, 5) is 18.8. The van der Waals surface area contributed by atoms with E-state index in [4.69, 9.17) is 0 Å². The summed E-state index contributed by atoms with van der Waals surface area (Å²) in [7, 11) is 0. The minimum absolute atomic E-state index is 0.0183. The van der Waals surface area contributed by atoms with Crippen LogP contribution in [0.25, 0.3) is 0 Å². The number of rotatable bonds is 7. The van der Waals surface area contributed by atoms with E-state index in [-0.39, 0.29) is 11.9 Å². The summed E-state index contributed by atoms with van der Waals surface area (Å²) in [5.74, 6) is 1.06. The largest absolute Gasteiger partial charge is 0.348 e. The van der Waals surface area contributed by atoms with Gasteiger partial charge in [0.25, 0.3) is 0 Å². The molecule has 1 aliphatic rings. The fourth-order valence-corrected chi connectivity index (χ4v) is 4.05. The van der Waals surface area contributed by atoms with Crippen LogP contribution in [0.15, 0.2) is 54.7 Å². The Morgan fingerprint density at radius 1 is 1.15 bits per heavy atom. The summed E-state index contributed by atoms with van der Waals surface area (Å²) >= 11 is 0. The molecule has 1 aromatic heterocycles. The lowest BCUT2D eigenvalue weighted by Crippen LogP contribution is -2.41. The van der Waals surface area contributed by atoms with E-state index in [0.717, 1.165) is 38.2 Å². The van der Waals surface area contributed by atoms with E-state index in [1.807, 2.05) is 24.4 Å². The van der Waals surface area contributed by atoms with E-state index in [9.17, 15) is 4.79 Å². The molecule has 1 N–H and O–H groups in total. The van der Waals surface area contributed by atoms with Crippen LogP contribution in [0.5, 0.6) is 0 Å². The van der Waals surface area contributed by atoms with Gasteiger partial charge in [-0.05, 0) is 68.4 Å². The Bertz CT molecular complexity index is 696. The maximum atomic E-state index is 11.7. The quantitative estimate of drug-likeness (QED) is 0.801. The molecule has 0 spiro atoms. The monoisotopic (exact) mass is 365 g/mol. The fraction of sp³-hybridized carbons (Fsp3) is 0.478. The predicted molar refractivity (Wildman–Crippen MR) is 109 cm³/mol. The maximum Gasteiger partial charge on any atom is 0.217 e.